The van der Waals surface area contributed by atoms with Gasteiger partial charge in [0.05, 0.1) is 19.5 Å². The van der Waals surface area contributed by atoms with Crippen molar-refractivity contribution >= 4 is 29.3 Å². The first-order valence-electron chi connectivity index (χ1n) is 10.6. The van der Waals surface area contributed by atoms with Crippen LogP contribution in [-0.4, -0.2) is 51.2 Å². The van der Waals surface area contributed by atoms with Gasteiger partial charge in [-0.1, -0.05) is 23.9 Å². The Morgan fingerprint density at radius 3 is 2.66 bits per heavy atom. The molecule has 0 aliphatic heterocycles. The summed E-state index contributed by atoms with van der Waals surface area (Å²) in [5.41, 5.74) is 1.52. The van der Waals surface area contributed by atoms with Crippen molar-refractivity contribution < 1.29 is 23.8 Å². The minimum absolute atomic E-state index is 0.00672. The predicted octanol–water partition coefficient (Wildman–Crippen LogP) is 3.11. The highest BCUT2D eigenvalue weighted by Crippen LogP contribution is 2.23. The van der Waals surface area contributed by atoms with Crippen molar-refractivity contribution in [3.63, 3.8) is 0 Å². The number of hydrogen-bond acceptors (Lipinski definition) is 7. The second kappa shape index (κ2) is 12.1. The Kier molecular flexibility index (Phi) is 8.98. The zero-order valence-electron chi connectivity index (χ0n) is 19.3. The van der Waals surface area contributed by atoms with Gasteiger partial charge in [0.1, 0.15) is 17.6 Å². The van der Waals surface area contributed by atoms with Crippen LogP contribution in [-0.2, 0) is 11.3 Å². The number of anilines is 1. The zero-order valence-corrected chi connectivity index (χ0v) is 20.1. The number of halogens is 1. The Hall–Kier alpha value is -3.70. The van der Waals surface area contributed by atoms with Crippen LogP contribution in [0.15, 0.2) is 60.3 Å². The third-order valence-electron chi connectivity index (χ3n) is 5.01. The number of hydrogen-bond donors (Lipinski definition) is 3. The van der Waals surface area contributed by atoms with E-state index in [1.54, 1.807) is 47.9 Å². The van der Waals surface area contributed by atoms with Crippen molar-refractivity contribution in [2.75, 3.05) is 24.8 Å². The van der Waals surface area contributed by atoms with E-state index in [0.29, 0.717) is 34.5 Å². The second-order valence-electron chi connectivity index (χ2n) is 7.47. The lowest BCUT2D eigenvalue weighted by molar-refractivity contribution is -0.113. The smallest absolute Gasteiger partial charge is 0.251 e. The number of rotatable bonds is 11. The summed E-state index contributed by atoms with van der Waals surface area (Å²) in [4.78, 5) is 25.1. The van der Waals surface area contributed by atoms with Crippen LogP contribution in [0.2, 0.25) is 0 Å². The summed E-state index contributed by atoms with van der Waals surface area (Å²) in [5.74, 6) is -0.264. The molecule has 0 aliphatic carbocycles. The highest BCUT2D eigenvalue weighted by atomic mass is 32.2. The van der Waals surface area contributed by atoms with Crippen LogP contribution in [0.25, 0.3) is 0 Å². The summed E-state index contributed by atoms with van der Waals surface area (Å²) in [6.45, 7) is 5.38. The van der Waals surface area contributed by atoms with Crippen LogP contribution >= 0.6 is 11.8 Å². The lowest BCUT2D eigenvalue weighted by Crippen LogP contribution is -2.33. The van der Waals surface area contributed by atoms with E-state index < -0.39 is 24.4 Å². The fourth-order valence-electron chi connectivity index (χ4n) is 3.19. The van der Waals surface area contributed by atoms with E-state index in [4.69, 9.17) is 4.74 Å². The molecule has 2 aromatic carbocycles. The summed E-state index contributed by atoms with van der Waals surface area (Å²) in [6.07, 6.45) is 1.62. The predicted molar refractivity (Wildman–Crippen MR) is 131 cm³/mol. The number of nitrogens with zero attached hydrogens (tertiary/aromatic N) is 3. The summed E-state index contributed by atoms with van der Waals surface area (Å²) >= 11 is 1.12. The quantitative estimate of drug-likeness (QED) is 0.274. The molecule has 9 nitrogen and oxygen atoms in total. The normalized spacial score (nSPS) is 11.5. The SMILES string of the molecule is C=CCn1c(SCC(=O)Nc2cc(F)ccc2C)nnc1[C@@H](CO)NC(=O)c1ccc(OC)cc1. The summed E-state index contributed by atoms with van der Waals surface area (Å²) in [5, 5.41) is 24.0. The summed E-state index contributed by atoms with van der Waals surface area (Å²) in [6, 6.07) is 9.87. The van der Waals surface area contributed by atoms with Gasteiger partial charge in [0.15, 0.2) is 11.0 Å². The van der Waals surface area contributed by atoms with Gasteiger partial charge in [0.2, 0.25) is 5.91 Å². The van der Waals surface area contributed by atoms with Crippen LogP contribution in [0.3, 0.4) is 0 Å². The molecule has 0 unspecified atom stereocenters. The number of aryl methyl sites for hydroxylation is 1. The Balaban J connectivity index is 1.71. The van der Waals surface area contributed by atoms with E-state index in [1.165, 1.54) is 19.2 Å². The number of aliphatic hydroxyl groups excluding tert-OH is 1. The number of aromatic nitrogens is 3. The molecule has 0 aliphatic rings. The number of benzene rings is 2. The number of carbonyl (C=O) groups excluding carboxylic acids is 2. The van der Waals surface area contributed by atoms with Gasteiger partial charge in [-0.3, -0.25) is 9.59 Å². The second-order valence-corrected chi connectivity index (χ2v) is 8.42. The maximum absolute atomic E-state index is 13.5. The van der Waals surface area contributed by atoms with Gasteiger partial charge < -0.3 is 25.0 Å². The van der Waals surface area contributed by atoms with Gasteiger partial charge in [-0.05, 0) is 48.9 Å². The average molecular weight is 500 g/mol. The maximum Gasteiger partial charge on any atom is 0.251 e. The highest BCUT2D eigenvalue weighted by molar-refractivity contribution is 7.99. The van der Waals surface area contributed by atoms with E-state index in [9.17, 15) is 19.1 Å². The molecule has 35 heavy (non-hydrogen) atoms. The molecule has 184 valence electrons. The number of thioether (sulfide) groups is 1. The molecule has 3 N–H and O–H groups in total. The van der Waals surface area contributed by atoms with Crippen LogP contribution in [0, 0.1) is 12.7 Å². The van der Waals surface area contributed by atoms with Crippen molar-refractivity contribution in [2.45, 2.75) is 24.7 Å². The number of allylic oxidation sites excluding steroid dienone is 1. The molecular weight excluding hydrogens is 473 g/mol. The van der Waals surface area contributed by atoms with Crippen LogP contribution < -0.4 is 15.4 Å². The van der Waals surface area contributed by atoms with Crippen LogP contribution in [0.1, 0.15) is 27.8 Å². The van der Waals surface area contributed by atoms with Gasteiger partial charge in [0.25, 0.3) is 5.91 Å². The molecule has 0 saturated heterocycles. The minimum atomic E-state index is -0.838. The molecule has 0 bridgehead atoms. The van der Waals surface area contributed by atoms with Crippen molar-refractivity contribution in [3.8, 4) is 5.75 Å². The zero-order chi connectivity index (χ0) is 25.4. The van der Waals surface area contributed by atoms with Crippen molar-refractivity contribution in [3.05, 3.63) is 77.9 Å². The molecule has 1 aromatic heterocycles. The Labute approximate surface area is 206 Å². The fourth-order valence-corrected chi connectivity index (χ4v) is 3.94. The fraction of sp³-hybridized carbons (Fsp3) is 0.250. The minimum Gasteiger partial charge on any atom is -0.497 e. The van der Waals surface area contributed by atoms with Crippen molar-refractivity contribution in [2.24, 2.45) is 0 Å². The van der Waals surface area contributed by atoms with E-state index in [2.05, 4.69) is 27.4 Å². The molecule has 0 spiro atoms. The third-order valence-corrected chi connectivity index (χ3v) is 5.98. The van der Waals surface area contributed by atoms with Gasteiger partial charge in [0, 0.05) is 17.8 Å². The maximum atomic E-state index is 13.5. The molecule has 2 amide bonds. The Bertz CT molecular complexity index is 1200. The third kappa shape index (κ3) is 6.67. The lowest BCUT2D eigenvalue weighted by Gasteiger charge is -2.17. The van der Waals surface area contributed by atoms with E-state index in [-0.39, 0.29) is 11.7 Å². The van der Waals surface area contributed by atoms with Crippen LogP contribution in [0.5, 0.6) is 5.75 Å². The van der Waals surface area contributed by atoms with E-state index >= 15 is 0 Å². The molecule has 0 radical (unpaired) electrons. The van der Waals surface area contributed by atoms with Crippen LogP contribution in [0.4, 0.5) is 10.1 Å². The first-order valence-corrected chi connectivity index (χ1v) is 11.6. The highest BCUT2D eigenvalue weighted by Gasteiger charge is 2.23. The molecule has 11 heteroatoms. The monoisotopic (exact) mass is 499 g/mol. The van der Waals surface area contributed by atoms with Gasteiger partial charge in [-0.15, -0.1) is 16.8 Å². The Morgan fingerprint density at radius 1 is 1.26 bits per heavy atom. The first-order chi connectivity index (χ1) is 16.9. The summed E-state index contributed by atoms with van der Waals surface area (Å²) < 4.78 is 20.2. The Morgan fingerprint density at radius 2 is 2.00 bits per heavy atom. The van der Waals surface area contributed by atoms with E-state index in [0.717, 1.165) is 17.3 Å². The molecular formula is C24H26FN5O4S. The topological polar surface area (TPSA) is 118 Å². The lowest BCUT2D eigenvalue weighted by atomic mass is 10.2. The molecule has 0 fully saturated rings. The van der Waals surface area contributed by atoms with Gasteiger partial charge in [-0.2, -0.15) is 0 Å². The molecule has 1 heterocycles. The molecule has 1 atom stereocenters. The number of carbonyl (C=O) groups is 2. The largest absolute Gasteiger partial charge is 0.497 e. The number of amides is 2. The van der Waals surface area contributed by atoms with Crippen molar-refractivity contribution in [1.82, 2.24) is 20.1 Å². The first kappa shape index (κ1) is 25.9. The molecule has 3 rings (SSSR count). The van der Waals surface area contributed by atoms with Crippen molar-refractivity contribution in [1.29, 1.82) is 0 Å². The van der Waals surface area contributed by atoms with Gasteiger partial charge in [-0.25, -0.2) is 4.39 Å². The number of methoxy groups -OCH3 is 1. The molecule has 3 aromatic rings. The molecule has 0 saturated carbocycles. The van der Waals surface area contributed by atoms with Gasteiger partial charge >= 0.3 is 0 Å². The average Bonchev–Trinajstić information content (AvgIpc) is 3.26. The number of ether oxygens (including phenoxy) is 1. The standard InChI is InChI=1S/C24H26FN5O4S/c1-4-11-30-22(20(13-31)27-23(33)16-6-9-18(34-3)10-7-16)28-29-24(30)35-14-21(32)26-19-12-17(25)8-5-15(19)2/h4-10,12,20,31H,1,11,13-14H2,2-3H3,(H,26,32)(H,27,33)/t20-/m1/s1. The number of nitrogens with one attached hydrogen (secondary N) is 2. The summed E-state index contributed by atoms with van der Waals surface area (Å²) in [7, 11) is 1.53. The van der Waals surface area contributed by atoms with E-state index in [1.807, 2.05) is 0 Å². The number of aliphatic hydroxyl groups is 1.